The van der Waals surface area contributed by atoms with E-state index in [4.69, 9.17) is 0 Å². The van der Waals surface area contributed by atoms with Gasteiger partial charge in [0.15, 0.2) is 0 Å². The van der Waals surface area contributed by atoms with Crippen LogP contribution in [0.15, 0.2) is 49.6 Å². The predicted molar refractivity (Wildman–Crippen MR) is 53.6 cm³/mol. The lowest BCUT2D eigenvalue weighted by atomic mass is 10.3. The fourth-order valence-corrected chi connectivity index (χ4v) is 0.260. The van der Waals surface area contributed by atoms with E-state index < -0.39 is 0 Å². The Hall–Kier alpha value is -0.690. The lowest BCUT2D eigenvalue weighted by Gasteiger charge is -1.80. The van der Waals surface area contributed by atoms with Crippen LogP contribution in [-0.2, 0) is 0 Å². The van der Waals surface area contributed by atoms with Gasteiger partial charge in [0.05, 0.1) is 0 Å². The fourth-order valence-electron chi connectivity index (χ4n) is 0.260. The van der Waals surface area contributed by atoms with Crippen molar-refractivity contribution in [1.82, 2.24) is 0 Å². The van der Waals surface area contributed by atoms with E-state index in [9.17, 15) is 0 Å². The van der Waals surface area contributed by atoms with Crippen LogP contribution >= 0.6 is 12.6 Å². The smallest absolute Gasteiger partial charge is 0.0215 e. The maximum absolute atomic E-state index is 3.66. The van der Waals surface area contributed by atoms with E-state index in [1.54, 1.807) is 18.4 Å². The summed E-state index contributed by atoms with van der Waals surface area (Å²) < 4.78 is 0. The Morgan fingerprint density at radius 2 is 1.80 bits per heavy atom. The summed E-state index contributed by atoms with van der Waals surface area (Å²) in [4.78, 5) is 0. The van der Waals surface area contributed by atoms with Gasteiger partial charge in [0.25, 0.3) is 0 Å². The molecule has 0 aliphatic heterocycles. The van der Waals surface area contributed by atoms with Crippen molar-refractivity contribution in [3.05, 3.63) is 49.6 Å². The summed E-state index contributed by atoms with van der Waals surface area (Å²) in [5, 5.41) is 0. The van der Waals surface area contributed by atoms with Crippen molar-refractivity contribution in [2.45, 2.75) is 0 Å². The highest BCUT2D eigenvalue weighted by atomic mass is 32.1. The average Bonchev–Trinajstić information content (AvgIpc) is 2.04. The molecule has 0 saturated carbocycles. The minimum Gasteiger partial charge on any atom is -0.183 e. The molecule has 0 atom stereocenters. The van der Waals surface area contributed by atoms with Crippen LogP contribution in [0.1, 0.15) is 0 Å². The molecule has 1 heteroatoms. The Labute approximate surface area is 69.1 Å². The molecule has 0 aliphatic carbocycles. The molecule has 0 amide bonds. The van der Waals surface area contributed by atoms with Crippen molar-refractivity contribution in [3.8, 4) is 0 Å². The van der Waals surface area contributed by atoms with Crippen LogP contribution in [0.5, 0.6) is 0 Å². The molecule has 0 unspecified atom stereocenters. The minimum atomic E-state index is 0.907. The first-order valence-corrected chi connectivity index (χ1v) is 3.76. The maximum atomic E-state index is 3.66. The van der Waals surface area contributed by atoms with Gasteiger partial charge < -0.3 is 0 Å². The summed E-state index contributed by atoms with van der Waals surface area (Å²) in [6.07, 6.45) is 8.76. The van der Waals surface area contributed by atoms with E-state index in [0.717, 1.165) is 5.57 Å². The molecule has 0 aliphatic rings. The molecule has 0 aromatic heterocycles. The molecule has 0 saturated heterocycles. The third-order valence-corrected chi connectivity index (χ3v) is 0.709. The molecule has 56 valence electrons. The zero-order chi connectivity index (χ0) is 8.41. The first-order chi connectivity index (χ1) is 4.81. The van der Waals surface area contributed by atoms with E-state index in [1.165, 1.54) is 0 Å². The van der Waals surface area contributed by atoms with E-state index >= 15 is 0 Å². The monoisotopic (exact) mass is 154 g/mol. The van der Waals surface area contributed by atoms with Crippen molar-refractivity contribution in [2.24, 2.45) is 0 Å². The second kappa shape index (κ2) is 11.2. The van der Waals surface area contributed by atoms with Crippen LogP contribution in [-0.4, -0.2) is 6.26 Å². The topological polar surface area (TPSA) is 0 Å². The minimum absolute atomic E-state index is 0.907. The first kappa shape index (κ1) is 12.0. The van der Waals surface area contributed by atoms with Gasteiger partial charge in [0.2, 0.25) is 0 Å². The van der Waals surface area contributed by atoms with Crippen molar-refractivity contribution in [3.63, 3.8) is 0 Å². The Morgan fingerprint density at radius 3 is 2.10 bits per heavy atom. The maximum Gasteiger partial charge on any atom is -0.0215 e. The highest BCUT2D eigenvalue weighted by Gasteiger charge is 1.70. The van der Waals surface area contributed by atoms with Gasteiger partial charge in [-0.1, -0.05) is 44.0 Å². The van der Waals surface area contributed by atoms with E-state index in [-0.39, 0.29) is 0 Å². The van der Waals surface area contributed by atoms with Gasteiger partial charge in [-0.15, -0.1) is 0 Å². The summed E-state index contributed by atoms with van der Waals surface area (Å²) in [7, 11) is 0. The summed E-state index contributed by atoms with van der Waals surface area (Å²) in [6, 6.07) is 0. The molecule has 10 heavy (non-hydrogen) atoms. The third kappa shape index (κ3) is 10.3. The van der Waals surface area contributed by atoms with Gasteiger partial charge in [-0.05, 0) is 11.8 Å². The van der Waals surface area contributed by atoms with Crippen LogP contribution in [0.4, 0.5) is 0 Å². The van der Waals surface area contributed by atoms with Crippen molar-refractivity contribution < 1.29 is 0 Å². The second-order valence-electron chi connectivity index (χ2n) is 1.37. The number of rotatable bonds is 3. The lowest BCUT2D eigenvalue weighted by molar-refractivity contribution is 1.76. The molecule has 0 aromatic rings. The fraction of sp³-hybridized carbons (Fsp3) is 0.111. The summed E-state index contributed by atoms with van der Waals surface area (Å²) in [5.74, 6) is 0. The third-order valence-electron chi connectivity index (χ3n) is 0.709. The zero-order valence-electron chi connectivity index (χ0n) is 6.38. The van der Waals surface area contributed by atoms with Crippen LogP contribution in [0.2, 0.25) is 0 Å². The summed E-state index contributed by atoms with van der Waals surface area (Å²) in [5.41, 5.74) is 0.907. The standard InChI is InChI=1S/C8H10.CH4S/c1-4-6-7-8(3)5-2;1-2/h4-7H,1-3H2;2H,1H3/b7-6-;. The molecule has 0 bridgehead atoms. The Morgan fingerprint density at radius 1 is 1.30 bits per heavy atom. The van der Waals surface area contributed by atoms with Gasteiger partial charge in [0, 0.05) is 0 Å². The van der Waals surface area contributed by atoms with Crippen LogP contribution < -0.4 is 0 Å². The predicted octanol–water partition coefficient (Wildman–Crippen LogP) is 3.02. The average molecular weight is 154 g/mol. The highest BCUT2D eigenvalue weighted by Crippen LogP contribution is 1.91. The summed E-state index contributed by atoms with van der Waals surface area (Å²) in [6.45, 7) is 10.7. The van der Waals surface area contributed by atoms with Crippen LogP contribution in [0, 0.1) is 0 Å². The molecule has 0 radical (unpaired) electrons. The van der Waals surface area contributed by atoms with Gasteiger partial charge in [-0.2, -0.15) is 12.6 Å². The summed E-state index contributed by atoms with van der Waals surface area (Å²) >= 11 is 3.53. The Bertz CT molecular complexity index is 132. The number of allylic oxidation sites excluding steroid dienone is 5. The van der Waals surface area contributed by atoms with Crippen molar-refractivity contribution >= 4 is 12.6 Å². The largest absolute Gasteiger partial charge is 0.183 e. The van der Waals surface area contributed by atoms with Crippen LogP contribution in [0.25, 0.3) is 0 Å². The van der Waals surface area contributed by atoms with E-state index in [1.807, 2.05) is 12.2 Å². The van der Waals surface area contributed by atoms with Gasteiger partial charge in [-0.3, -0.25) is 0 Å². The number of hydrogen-bond donors (Lipinski definition) is 1. The molecule has 0 rings (SSSR count). The quantitative estimate of drug-likeness (QED) is 0.469. The molecule has 0 fully saturated rings. The zero-order valence-corrected chi connectivity index (χ0v) is 7.27. The molecule has 0 nitrogen and oxygen atoms in total. The molecular weight excluding hydrogens is 140 g/mol. The van der Waals surface area contributed by atoms with E-state index in [0.29, 0.717) is 0 Å². The Kier molecular flexibility index (Phi) is 13.4. The first-order valence-electron chi connectivity index (χ1n) is 2.86. The van der Waals surface area contributed by atoms with Gasteiger partial charge in [0.1, 0.15) is 0 Å². The molecule has 0 heterocycles. The molecule has 0 aromatic carbocycles. The highest BCUT2D eigenvalue weighted by molar-refractivity contribution is 7.79. The van der Waals surface area contributed by atoms with Gasteiger partial charge >= 0.3 is 0 Å². The van der Waals surface area contributed by atoms with Crippen LogP contribution in [0.3, 0.4) is 0 Å². The molecular formula is C9H14S. The Balaban J connectivity index is 0. The number of hydrogen-bond acceptors (Lipinski definition) is 1. The van der Waals surface area contributed by atoms with Crippen molar-refractivity contribution in [1.29, 1.82) is 0 Å². The molecule has 0 N–H and O–H groups in total. The van der Waals surface area contributed by atoms with Gasteiger partial charge in [-0.25, -0.2) is 0 Å². The van der Waals surface area contributed by atoms with Crippen molar-refractivity contribution in [2.75, 3.05) is 6.26 Å². The molecule has 0 spiro atoms. The normalized spacial score (nSPS) is 7.80. The second-order valence-corrected chi connectivity index (χ2v) is 1.37. The number of thiol groups is 1. The lowest BCUT2D eigenvalue weighted by Crippen LogP contribution is -1.59. The van der Waals surface area contributed by atoms with E-state index in [2.05, 4.69) is 32.4 Å². The SMILES string of the molecule is C=C/C=C\C(=C)C=C.CS.